The van der Waals surface area contributed by atoms with Crippen LogP contribution in [-0.2, 0) is 11.3 Å². The molecule has 0 spiro atoms. The van der Waals surface area contributed by atoms with Crippen LogP contribution in [-0.4, -0.2) is 36.3 Å². The lowest BCUT2D eigenvalue weighted by Gasteiger charge is -2.40. The lowest BCUT2D eigenvalue weighted by molar-refractivity contribution is 0.0255. The standard InChI is InChI=1S/C16H25N3O/c1-12(2)18-11-13-10-17-7-6-14(13)19-8-9-20-16-5-3-4-15(16)19/h6-7,10,12,15-16,18H,3-5,8-9,11H2,1-2H3. The van der Waals surface area contributed by atoms with Gasteiger partial charge in [0.2, 0.25) is 0 Å². The first kappa shape index (κ1) is 13.8. The van der Waals surface area contributed by atoms with E-state index in [1.54, 1.807) is 0 Å². The molecule has 2 fully saturated rings. The van der Waals surface area contributed by atoms with Crippen LogP contribution in [0.1, 0.15) is 38.7 Å². The molecule has 0 aromatic carbocycles. The third-order valence-electron chi connectivity index (χ3n) is 4.37. The first-order valence-corrected chi connectivity index (χ1v) is 7.80. The number of hydrogen-bond donors (Lipinski definition) is 1. The Kier molecular flexibility index (Phi) is 4.22. The molecule has 1 N–H and O–H groups in total. The van der Waals surface area contributed by atoms with Crippen molar-refractivity contribution in [2.75, 3.05) is 18.1 Å². The molecule has 110 valence electrons. The summed E-state index contributed by atoms with van der Waals surface area (Å²) in [5.74, 6) is 0. The Balaban J connectivity index is 1.81. The number of nitrogens with one attached hydrogen (secondary N) is 1. The molecule has 3 rings (SSSR count). The van der Waals surface area contributed by atoms with Crippen molar-refractivity contribution in [3.8, 4) is 0 Å². The minimum absolute atomic E-state index is 0.433. The number of morpholine rings is 1. The Morgan fingerprint density at radius 2 is 2.35 bits per heavy atom. The fourth-order valence-electron chi connectivity index (χ4n) is 3.38. The maximum absolute atomic E-state index is 5.92. The van der Waals surface area contributed by atoms with E-state index < -0.39 is 0 Å². The highest BCUT2D eigenvalue weighted by atomic mass is 16.5. The number of rotatable bonds is 4. The van der Waals surface area contributed by atoms with Crippen LogP contribution in [0.15, 0.2) is 18.5 Å². The molecule has 2 unspecified atom stereocenters. The zero-order valence-electron chi connectivity index (χ0n) is 12.5. The van der Waals surface area contributed by atoms with Crippen molar-refractivity contribution in [1.29, 1.82) is 0 Å². The summed E-state index contributed by atoms with van der Waals surface area (Å²) in [4.78, 5) is 6.86. The molecule has 2 atom stereocenters. The largest absolute Gasteiger partial charge is 0.374 e. The lowest BCUT2D eigenvalue weighted by Crippen LogP contribution is -2.49. The third-order valence-corrected chi connectivity index (χ3v) is 4.37. The molecule has 4 heteroatoms. The first-order chi connectivity index (χ1) is 9.75. The van der Waals surface area contributed by atoms with E-state index in [0.717, 1.165) is 19.7 Å². The van der Waals surface area contributed by atoms with Crippen molar-refractivity contribution in [2.24, 2.45) is 0 Å². The SMILES string of the molecule is CC(C)NCc1cnccc1N1CCOC2CCCC21. The summed E-state index contributed by atoms with van der Waals surface area (Å²) < 4.78 is 5.92. The molecular formula is C16H25N3O. The summed E-state index contributed by atoms with van der Waals surface area (Å²) in [6.07, 6.45) is 8.10. The molecular weight excluding hydrogens is 250 g/mol. The van der Waals surface area contributed by atoms with Gasteiger partial charge in [-0.3, -0.25) is 4.98 Å². The van der Waals surface area contributed by atoms with Crippen LogP contribution >= 0.6 is 0 Å². The molecule has 1 aromatic heterocycles. The molecule has 1 aliphatic heterocycles. The average molecular weight is 275 g/mol. The summed E-state index contributed by atoms with van der Waals surface area (Å²) in [6.45, 7) is 7.09. The molecule has 1 saturated carbocycles. The second-order valence-corrected chi connectivity index (χ2v) is 6.14. The summed E-state index contributed by atoms with van der Waals surface area (Å²) in [6, 6.07) is 3.22. The number of fused-ring (bicyclic) bond motifs is 1. The summed E-state index contributed by atoms with van der Waals surface area (Å²) >= 11 is 0. The Morgan fingerprint density at radius 3 is 3.20 bits per heavy atom. The zero-order chi connectivity index (χ0) is 13.9. The Labute approximate surface area is 121 Å². The van der Waals surface area contributed by atoms with E-state index in [-0.39, 0.29) is 0 Å². The normalized spacial score (nSPS) is 26.1. The predicted molar refractivity (Wildman–Crippen MR) is 80.9 cm³/mol. The molecule has 20 heavy (non-hydrogen) atoms. The Morgan fingerprint density at radius 1 is 1.45 bits per heavy atom. The fraction of sp³-hybridized carbons (Fsp3) is 0.688. The highest BCUT2D eigenvalue weighted by Crippen LogP contribution is 2.34. The molecule has 0 amide bonds. The van der Waals surface area contributed by atoms with E-state index >= 15 is 0 Å². The van der Waals surface area contributed by atoms with E-state index in [4.69, 9.17) is 4.74 Å². The molecule has 1 aliphatic carbocycles. The zero-order valence-corrected chi connectivity index (χ0v) is 12.5. The van der Waals surface area contributed by atoms with Crippen molar-refractivity contribution in [3.05, 3.63) is 24.0 Å². The van der Waals surface area contributed by atoms with Crippen molar-refractivity contribution in [2.45, 2.75) is 57.8 Å². The Bertz CT molecular complexity index is 449. The van der Waals surface area contributed by atoms with Gasteiger partial charge in [-0.25, -0.2) is 0 Å². The maximum atomic E-state index is 5.92. The number of pyridine rings is 1. The van der Waals surface area contributed by atoms with Crippen LogP contribution in [0.4, 0.5) is 5.69 Å². The fourth-order valence-corrected chi connectivity index (χ4v) is 3.38. The van der Waals surface area contributed by atoms with Gasteiger partial charge in [-0.2, -0.15) is 0 Å². The van der Waals surface area contributed by atoms with Crippen LogP contribution < -0.4 is 10.2 Å². The van der Waals surface area contributed by atoms with Gasteiger partial charge in [0.05, 0.1) is 18.8 Å². The van der Waals surface area contributed by atoms with Gasteiger partial charge in [0, 0.05) is 42.8 Å². The number of nitrogens with zero attached hydrogens (tertiary/aromatic N) is 2. The van der Waals surface area contributed by atoms with Gasteiger partial charge in [0.15, 0.2) is 0 Å². The number of hydrogen-bond acceptors (Lipinski definition) is 4. The second-order valence-electron chi connectivity index (χ2n) is 6.14. The Hall–Kier alpha value is -1.13. The van der Waals surface area contributed by atoms with E-state index in [1.807, 2.05) is 12.4 Å². The van der Waals surface area contributed by atoms with Gasteiger partial charge < -0.3 is 15.0 Å². The van der Waals surface area contributed by atoms with Crippen LogP contribution in [0.25, 0.3) is 0 Å². The molecule has 0 radical (unpaired) electrons. The third kappa shape index (κ3) is 2.81. The van der Waals surface area contributed by atoms with Crippen LogP contribution in [0.5, 0.6) is 0 Å². The minimum atomic E-state index is 0.433. The van der Waals surface area contributed by atoms with Crippen molar-refractivity contribution < 1.29 is 4.74 Å². The van der Waals surface area contributed by atoms with Gasteiger partial charge in [-0.05, 0) is 25.3 Å². The van der Waals surface area contributed by atoms with Crippen LogP contribution in [0.2, 0.25) is 0 Å². The topological polar surface area (TPSA) is 37.4 Å². The van der Waals surface area contributed by atoms with Crippen molar-refractivity contribution in [1.82, 2.24) is 10.3 Å². The van der Waals surface area contributed by atoms with Crippen LogP contribution in [0, 0.1) is 0 Å². The summed E-state index contributed by atoms with van der Waals surface area (Å²) in [7, 11) is 0. The molecule has 4 nitrogen and oxygen atoms in total. The molecule has 0 bridgehead atoms. The van der Waals surface area contributed by atoms with Gasteiger partial charge in [0.1, 0.15) is 0 Å². The lowest BCUT2D eigenvalue weighted by atomic mass is 10.1. The maximum Gasteiger partial charge on any atom is 0.0779 e. The highest BCUT2D eigenvalue weighted by molar-refractivity contribution is 5.54. The number of ether oxygens (including phenoxy) is 1. The van der Waals surface area contributed by atoms with Crippen LogP contribution in [0.3, 0.4) is 0 Å². The van der Waals surface area contributed by atoms with Crippen molar-refractivity contribution in [3.63, 3.8) is 0 Å². The highest BCUT2D eigenvalue weighted by Gasteiger charge is 2.36. The van der Waals surface area contributed by atoms with Gasteiger partial charge >= 0.3 is 0 Å². The first-order valence-electron chi connectivity index (χ1n) is 7.80. The molecule has 2 aliphatic rings. The van der Waals surface area contributed by atoms with Gasteiger partial charge in [-0.1, -0.05) is 13.8 Å². The van der Waals surface area contributed by atoms with E-state index in [9.17, 15) is 0 Å². The predicted octanol–water partition coefficient (Wildman–Crippen LogP) is 2.34. The smallest absolute Gasteiger partial charge is 0.0779 e. The molecule has 1 saturated heterocycles. The van der Waals surface area contributed by atoms with Crippen molar-refractivity contribution >= 4 is 5.69 Å². The molecule has 1 aromatic rings. The quantitative estimate of drug-likeness (QED) is 0.915. The minimum Gasteiger partial charge on any atom is -0.374 e. The number of aromatic nitrogens is 1. The average Bonchev–Trinajstić information content (AvgIpc) is 2.93. The summed E-state index contributed by atoms with van der Waals surface area (Å²) in [5, 5.41) is 3.50. The molecule has 2 heterocycles. The van der Waals surface area contributed by atoms with Gasteiger partial charge in [0.25, 0.3) is 0 Å². The van der Waals surface area contributed by atoms with E-state index in [1.165, 1.54) is 30.5 Å². The monoisotopic (exact) mass is 275 g/mol. The van der Waals surface area contributed by atoms with Gasteiger partial charge in [-0.15, -0.1) is 0 Å². The summed E-state index contributed by atoms with van der Waals surface area (Å²) in [5.41, 5.74) is 2.64. The van der Waals surface area contributed by atoms with E-state index in [0.29, 0.717) is 18.2 Å². The number of anilines is 1. The van der Waals surface area contributed by atoms with E-state index in [2.05, 4.69) is 35.1 Å². The second kappa shape index (κ2) is 6.10.